The lowest BCUT2D eigenvalue weighted by Gasteiger charge is -2.21. The van der Waals surface area contributed by atoms with Crippen LogP contribution in [0.4, 0.5) is 0 Å². The fourth-order valence-electron chi connectivity index (χ4n) is 1.92. The molecule has 0 aliphatic carbocycles. The summed E-state index contributed by atoms with van der Waals surface area (Å²) in [7, 11) is 0. The largest absolute Gasteiger partial charge is 0.462 e. The van der Waals surface area contributed by atoms with E-state index in [1.807, 2.05) is 20.8 Å². The SMILES string of the molecule is CCOC(=O)c1c(C)cc(C(C)(C)C)cc1C. The Morgan fingerprint density at radius 3 is 2.00 bits per heavy atom. The predicted octanol–water partition coefficient (Wildman–Crippen LogP) is 3.78. The third kappa shape index (κ3) is 3.09. The van der Waals surface area contributed by atoms with Crippen molar-refractivity contribution in [3.63, 3.8) is 0 Å². The van der Waals surface area contributed by atoms with Gasteiger partial charge in [0.05, 0.1) is 12.2 Å². The third-order valence-corrected chi connectivity index (χ3v) is 2.88. The van der Waals surface area contributed by atoms with Crippen LogP contribution in [0.3, 0.4) is 0 Å². The zero-order valence-corrected chi connectivity index (χ0v) is 11.7. The van der Waals surface area contributed by atoms with Crippen LogP contribution in [-0.2, 0) is 10.2 Å². The molecule has 0 amide bonds. The highest BCUT2D eigenvalue weighted by atomic mass is 16.5. The summed E-state index contributed by atoms with van der Waals surface area (Å²) >= 11 is 0. The Labute approximate surface area is 104 Å². The molecule has 0 aliphatic rings. The molecule has 0 aromatic heterocycles. The van der Waals surface area contributed by atoms with Crippen molar-refractivity contribution in [3.8, 4) is 0 Å². The maximum Gasteiger partial charge on any atom is 0.338 e. The molecule has 0 heterocycles. The van der Waals surface area contributed by atoms with E-state index in [4.69, 9.17) is 4.74 Å². The van der Waals surface area contributed by atoms with Gasteiger partial charge in [0.15, 0.2) is 0 Å². The third-order valence-electron chi connectivity index (χ3n) is 2.88. The van der Waals surface area contributed by atoms with Crippen LogP contribution in [0.15, 0.2) is 12.1 Å². The van der Waals surface area contributed by atoms with Gasteiger partial charge in [0, 0.05) is 0 Å². The summed E-state index contributed by atoms with van der Waals surface area (Å²) < 4.78 is 5.08. The van der Waals surface area contributed by atoms with E-state index in [9.17, 15) is 4.79 Å². The van der Waals surface area contributed by atoms with Crippen molar-refractivity contribution in [1.29, 1.82) is 0 Å². The molecule has 0 N–H and O–H groups in total. The van der Waals surface area contributed by atoms with Gasteiger partial charge in [-0.25, -0.2) is 4.79 Å². The van der Waals surface area contributed by atoms with Gasteiger partial charge in [-0.05, 0) is 42.9 Å². The minimum Gasteiger partial charge on any atom is -0.462 e. The van der Waals surface area contributed by atoms with Gasteiger partial charge in [0.2, 0.25) is 0 Å². The fourth-order valence-corrected chi connectivity index (χ4v) is 1.92. The molecule has 94 valence electrons. The first kappa shape index (κ1) is 13.8. The maximum absolute atomic E-state index is 11.8. The summed E-state index contributed by atoms with van der Waals surface area (Å²) in [5.41, 5.74) is 4.05. The van der Waals surface area contributed by atoms with Crippen LogP contribution >= 0.6 is 0 Å². The molecule has 0 aliphatic heterocycles. The second-order valence-electron chi connectivity index (χ2n) is 5.46. The van der Waals surface area contributed by atoms with E-state index >= 15 is 0 Å². The van der Waals surface area contributed by atoms with E-state index in [-0.39, 0.29) is 11.4 Å². The van der Waals surface area contributed by atoms with Gasteiger partial charge in [0.25, 0.3) is 0 Å². The van der Waals surface area contributed by atoms with Crippen molar-refractivity contribution in [3.05, 3.63) is 34.4 Å². The molecule has 2 nitrogen and oxygen atoms in total. The molecule has 2 heteroatoms. The van der Waals surface area contributed by atoms with Crippen LogP contribution in [-0.4, -0.2) is 12.6 Å². The van der Waals surface area contributed by atoms with Crippen molar-refractivity contribution in [1.82, 2.24) is 0 Å². The number of benzene rings is 1. The molecule has 0 bridgehead atoms. The molecule has 0 spiro atoms. The lowest BCUT2D eigenvalue weighted by molar-refractivity contribution is 0.0524. The molecule has 0 fully saturated rings. The monoisotopic (exact) mass is 234 g/mol. The molecule has 0 radical (unpaired) electrons. The Morgan fingerprint density at radius 2 is 1.65 bits per heavy atom. The Hall–Kier alpha value is -1.31. The van der Waals surface area contributed by atoms with E-state index in [2.05, 4.69) is 32.9 Å². The van der Waals surface area contributed by atoms with E-state index in [1.165, 1.54) is 5.56 Å². The summed E-state index contributed by atoms with van der Waals surface area (Å²) in [6.07, 6.45) is 0. The lowest BCUT2D eigenvalue weighted by Crippen LogP contribution is -2.15. The van der Waals surface area contributed by atoms with Crippen molar-refractivity contribution < 1.29 is 9.53 Å². The second-order valence-corrected chi connectivity index (χ2v) is 5.46. The topological polar surface area (TPSA) is 26.3 Å². The first-order chi connectivity index (χ1) is 7.77. The van der Waals surface area contributed by atoms with Gasteiger partial charge < -0.3 is 4.74 Å². The van der Waals surface area contributed by atoms with Crippen LogP contribution < -0.4 is 0 Å². The van der Waals surface area contributed by atoms with E-state index < -0.39 is 0 Å². The van der Waals surface area contributed by atoms with Gasteiger partial charge in [-0.1, -0.05) is 32.9 Å². The molecule has 1 aromatic rings. The highest BCUT2D eigenvalue weighted by Gasteiger charge is 2.19. The summed E-state index contributed by atoms with van der Waals surface area (Å²) in [4.78, 5) is 11.8. The van der Waals surface area contributed by atoms with Crippen molar-refractivity contribution in [2.75, 3.05) is 6.61 Å². The number of hydrogen-bond acceptors (Lipinski definition) is 2. The average molecular weight is 234 g/mol. The normalized spacial score (nSPS) is 11.4. The summed E-state index contributed by atoms with van der Waals surface area (Å²) in [5.74, 6) is -0.219. The number of rotatable bonds is 2. The molecule has 0 saturated heterocycles. The smallest absolute Gasteiger partial charge is 0.338 e. The van der Waals surface area contributed by atoms with E-state index in [0.29, 0.717) is 12.2 Å². The molecule has 0 unspecified atom stereocenters. The molecular formula is C15H22O2. The first-order valence-electron chi connectivity index (χ1n) is 6.06. The number of esters is 1. The number of hydrogen-bond donors (Lipinski definition) is 0. The summed E-state index contributed by atoms with van der Waals surface area (Å²) in [6, 6.07) is 4.17. The van der Waals surface area contributed by atoms with Crippen molar-refractivity contribution >= 4 is 5.97 Å². The summed E-state index contributed by atoms with van der Waals surface area (Å²) in [6.45, 7) is 12.7. The highest BCUT2D eigenvalue weighted by Crippen LogP contribution is 2.27. The molecule has 0 atom stereocenters. The van der Waals surface area contributed by atoms with Crippen LogP contribution in [0.5, 0.6) is 0 Å². The van der Waals surface area contributed by atoms with E-state index in [0.717, 1.165) is 11.1 Å². The molecule has 17 heavy (non-hydrogen) atoms. The minimum absolute atomic E-state index is 0.0999. The van der Waals surface area contributed by atoms with Crippen molar-refractivity contribution in [2.24, 2.45) is 0 Å². The highest BCUT2D eigenvalue weighted by molar-refractivity contribution is 5.92. The Balaban J connectivity index is 3.25. The molecule has 0 saturated carbocycles. The van der Waals surface area contributed by atoms with Gasteiger partial charge in [-0.15, -0.1) is 0 Å². The Kier molecular flexibility index (Phi) is 3.97. The quantitative estimate of drug-likeness (QED) is 0.728. The Morgan fingerprint density at radius 1 is 1.18 bits per heavy atom. The van der Waals surface area contributed by atoms with E-state index in [1.54, 1.807) is 0 Å². The molecule has 1 aromatic carbocycles. The average Bonchev–Trinajstić information content (AvgIpc) is 2.15. The minimum atomic E-state index is -0.219. The standard InChI is InChI=1S/C15H22O2/c1-7-17-14(16)13-10(2)8-12(9-11(13)3)15(4,5)6/h8-9H,7H2,1-6H3. The van der Waals surface area contributed by atoms with Crippen LogP contribution in [0, 0.1) is 13.8 Å². The first-order valence-corrected chi connectivity index (χ1v) is 6.06. The zero-order chi connectivity index (χ0) is 13.2. The van der Waals surface area contributed by atoms with Gasteiger partial charge >= 0.3 is 5.97 Å². The Bertz CT molecular complexity index is 402. The van der Waals surface area contributed by atoms with Crippen LogP contribution in [0.25, 0.3) is 0 Å². The summed E-state index contributed by atoms with van der Waals surface area (Å²) in [5, 5.41) is 0. The maximum atomic E-state index is 11.8. The predicted molar refractivity (Wildman–Crippen MR) is 70.6 cm³/mol. The lowest BCUT2D eigenvalue weighted by atomic mass is 9.84. The van der Waals surface area contributed by atoms with Gasteiger partial charge in [-0.2, -0.15) is 0 Å². The van der Waals surface area contributed by atoms with Crippen molar-refractivity contribution in [2.45, 2.75) is 47.0 Å². The van der Waals surface area contributed by atoms with Gasteiger partial charge in [0.1, 0.15) is 0 Å². The number of ether oxygens (including phenoxy) is 1. The van der Waals surface area contributed by atoms with Crippen LogP contribution in [0.2, 0.25) is 0 Å². The van der Waals surface area contributed by atoms with Gasteiger partial charge in [-0.3, -0.25) is 0 Å². The fraction of sp³-hybridized carbons (Fsp3) is 0.533. The molecular weight excluding hydrogens is 212 g/mol. The number of carbonyl (C=O) groups excluding carboxylic acids is 1. The number of aryl methyl sites for hydroxylation is 2. The van der Waals surface area contributed by atoms with Crippen LogP contribution in [0.1, 0.15) is 54.7 Å². The molecule has 1 rings (SSSR count). The zero-order valence-electron chi connectivity index (χ0n) is 11.7. The number of carbonyl (C=O) groups is 1. The second kappa shape index (κ2) is 4.91.